The number of rotatable bonds is 17. The number of anilines is 3. The predicted octanol–water partition coefficient (Wildman–Crippen LogP) is 15.4. The number of likely N-dealkylation sites (N-methyl/N-ethyl adjacent to an activating group) is 1. The summed E-state index contributed by atoms with van der Waals surface area (Å²) in [5.41, 5.74) is 36.5. The molecule has 3 aliphatic heterocycles. The van der Waals surface area contributed by atoms with Crippen molar-refractivity contribution in [3.63, 3.8) is 0 Å². The average Bonchev–Trinajstić information content (AvgIpc) is 1.61. The third kappa shape index (κ3) is 16.3. The van der Waals surface area contributed by atoms with Crippen molar-refractivity contribution in [3.8, 4) is 67.5 Å². The fourth-order valence-corrected chi connectivity index (χ4v) is 19.2. The van der Waals surface area contributed by atoms with Gasteiger partial charge >= 0.3 is 5.97 Å². The third-order valence-corrected chi connectivity index (χ3v) is 26.0. The number of piperidine rings is 1. The summed E-state index contributed by atoms with van der Waals surface area (Å²) in [5.74, 6) is 5.88. The number of ether oxygens (including phenoxy) is 1. The van der Waals surface area contributed by atoms with Gasteiger partial charge in [-0.15, -0.1) is 0 Å². The number of nitrogens with two attached hydrogens (primary N) is 3. The van der Waals surface area contributed by atoms with E-state index in [1.807, 2.05) is 94.0 Å². The zero-order valence-electron chi connectivity index (χ0n) is 69.8. The van der Waals surface area contributed by atoms with Gasteiger partial charge in [0.2, 0.25) is 5.91 Å². The molecule has 24 heteroatoms. The monoisotopic (exact) mass is 1620 g/mol. The summed E-state index contributed by atoms with van der Waals surface area (Å²) < 4.78 is 11.7. The van der Waals surface area contributed by atoms with Gasteiger partial charge in [-0.2, -0.15) is 0 Å². The van der Waals surface area contributed by atoms with Gasteiger partial charge in [0.05, 0.1) is 52.7 Å². The fraction of sp³-hybridized carbons (Fsp3) is 0.337. The molecule has 620 valence electrons. The number of benzene rings is 6. The number of piperazine rings is 1. The molecule has 3 saturated carbocycles. The average molecular weight is 1630 g/mol. The number of amides is 1. The van der Waals surface area contributed by atoms with Crippen molar-refractivity contribution >= 4 is 78.6 Å². The SMILES string of the molecule is CC(C)NC(=O)CN1CCN(C2CC(c3nc(-c4ccc5ccc(-c6ccccc6)nc5c4)c4c(N)nccn34)C2)CC1.CCOC(=O)C1CCN(C2CC(c3nc(-c4ccc5ccc(-c6ccccc6)nc5c4)c4c(N)nccn34)C2)CC1.CN1CCCN(C2CC(c3nc(-c4ccc5ccc(-c6ccccc6)nc5c4)c4c(N)nccn34)C2)CC1. The van der Waals surface area contributed by atoms with Gasteiger partial charge in [0.1, 0.15) is 68.6 Å². The van der Waals surface area contributed by atoms with Gasteiger partial charge in [-0.3, -0.25) is 37.5 Å². The van der Waals surface area contributed by atoms with Crippen LogP contribution in [0, 0.1) is 5.92 Å². The number of nitrogens with one attached hydrogen (secondary N) is 1. The zero-order chi connectivity index (χ0) is 83.1. The summed E-state index contributed by atoms with van der Waals surface area (Å²) in [5, 5.41) is 6.27. The summed E-state index contributed by atoms with van der Waals surface area (Å²) in [6.45, 7) is 17.2. The molecule has 9 aromatic heterocycles. The third-order valence-electron chi connectivity index (χ3n) is 26.0. The summed E-state index contributed by atoms with van der Waals surface area (Å²) in [6.07, 6.45) is 20.8. The van der Waals surface area contributed by atoms with E-state index in [4.69, 9.17) is 51.8 Å². The first-order valence-corrected chi connectivity index (χ1v) is 43.5. The molecule has 24 nitrogen and oxygen atoms in total. The first kappa shape index (κ1) is 79.3. The summed E-state index contributed by atoms with van der Waals surface area (Å²) in [4.78, 5) is 80.7. The van der Waals surface area contributed by atoms with Crippen LogP contribution in [-0.2, 0) is 14.3 Å². The second-order valence-electron chi connectivity index (χ2n) is 34.2. The van der Waals surface area contributed by atoms with Gasteiger partial charge in [-0.25, -0.2) is 44.9 Å². The number of imidazole rings is 3. The fourth-order valence-electron chi connectivity index (χ4n) is 19.2. The molecule has 3 aliphatic carbocycles. The van der Waals surface area contributed by atoms with Gasteiger partial charge in [0.25, 0.3) is 0 Å². The number of hydrogen-bond acceptors (Lipinski definition) is 20. The number of esters is 1. The largest absolute Gasteiger partial charge is 0.466 e. The molecule has 21 rings (SSSR count). The van der Waals surface area contributed by atoms with Gasteiger partial charge in [-0.05, 0) is 148 Å². The summed E-state index contributed by atoms with van der Waals surface area (Å²) in [7, 11) is 2.23. The van der Waals surface area contributed by atoms with Crippen molar-refractivity contribution in [2.24, 2.45) is 5.92 Å². The van der Waals surface area contributed by atoms with E-state index in [1.54, 1.807) is 18.6 Å². The van der Waals surface area contributed by atoms with Crippen molar-refractivity contribution < 1.29 is 14.3 Å². The second kappa shape index (κ2) is 34.6. The molecular weight excluding hydrogens is 1520 g/mol. The van der Waals surface area contributed by atoms with Crippen molar-refractivity contribution in [1.82, 2.24) is 87.9 Å². The van der Waals surface area contributed by atoms with Gasteiger partial charge in [0, 0.05) is 168 Å². The Bertz CT molecular complexity index is 6300. The molecule has 6 aromatic carbocycles. The molecule has 0 atom stereocenters. The molecule has 6 fully saturated rings. The minimum Gasteiger partial charge on any atom is -0.466 e. The standard InChI is InChI=1S/C34H38N8O.C33H34N6O2.C31H33N7/c1-22(2)37-30(43)21-40-14-16-41(17-15-40)27-18-26(19-27)34-39-31(32-33(35)36-12-13-42(32)34)25-9-8-24-10-11-28(38-29(24)20-25)23-6-4-3-5-7-23;1-2-41-33(40)23-12-15-38(16-13-23)26-18-25(19-26)32-37-29(30-31(34)35-14-17-39(30)32)24-9-8-22-10-11-27(36-28(22)20-24)21-6-4-3-5-7-21;1-36-13-5-14-37(17-16-36)25-18-24(19-25)31-35-28(29-30(32)33-12-15-38(29)31)23-9-8-22-10-11-26(34-27(22)20-23)21-6-3-2-4-7-21/h3-13,20,22,26-27H,14-19,21H2,1-2H3,(H2,35,36)(H,37,43);3-11,14,17,20,23,25-26H,2,12-13,15-16,18-19H2,1H3,(H2,34,35);2-4,6-12,15,20,24-25H,5,13-14,16-19H2,1H3,(H2,32,33). The Morgan fingerprint density at radius 2 is 0.787 bits per heavy atom. The lowest BCUT2D eigenvalue weighted by atomic mass is 9.77. The number of carbonyl (C=O) groups is 2. The number of aromatic nitrogens is 12. The van der Waals surface area contributed by atoms with Crippen LogP contribution in [0.15, 0.2) is 219 Å². The van der Waals surface area contributed by atoms with Crippen LogP contribution in [0.4, 0.5) is 17.5 Å². The normalized spacial score (nSPS) is 20.1. The molecule has 12 heterocycles. The van der Waals surface area contributed by atoms with Crippen LogP contribution in [0.3, 0.4) is 0 Å². The van der Waals surface area contributed by atoms with E-state index in [1.165, 1.54) is 19.5 Å². The first-order chi connectivity index (χ1) is 59.6. The minimum atomic E-state index is -0.0404. The lowest BCUT2D eigenvalue weighted by molar-refractivity contribution is -0.150. The molecule has 0 spiro atoms. The number of fused-ring (bicyclic) bond motifs is 6. The molecular formula is C98H105N21O3. The van der Waals surface area contributed by atoms with Gasteiger partial charge < -0.3 is 37.1 Å². The zero-order valence-corrected chi connectivity index (χ0v) is 69.8. The van der Waals surface area contributed by atoms with E-state index < -0.39 is 0 Å². The lowest BCUT2D eigenvalue weighted by Crippen LogP contribution is -2.55. The number of hydrogen-bond donors (Lipinski definition) is 4. The predicted molar refractivity (Wildman–Crippen MR) is 484 cm³/mol. The van der Waals surface area contributed by atoms with Crippen molar-refractivity contribution in [2.45, 2.75) is 120 Å². The van der Waals surface area contributed by atoms with E-state index in [-0.39, 0.29) is 23.8 Å². The van der Waals surface area contributed by atoms with Crippen molar-refractivity contribution in [3.05, 3.63) is 237 Å². The molecule has 0 unspecified atom stereocenters. The molecule has 1 amide bonds. The minimum absolute atomic E-state index is 0.0385. The van der Waals surface area contributed by atoms with E-state index >= 15 is 0 Å². The van der Waals surface area contributed by atoms with Crippen molar-refractivity contribution in [2.75, 3.05) is 103 Å². The molecule has 0 radical (unpaired) electrons. The molecule has 15 aromatic rings. The number of carbonyl (C=O) groups excluding carboxylic acids is 2. The van der Waals surface area contributed by atoms with Crippen LogP contribution in [-0.4, -0.2) is 204 Å². The Morgan fingerprint density at radius 1 is 0.426 bits per heavy atom. The Hall–Kier alpha value is -12.5. The van der Waals surface area contributed by atoms with Gasteiger partial charge in [0.15, 0.2) is 0 Å². The van der Waals surface area contributed by atoms with Gasteiger partial charge in [-0.1, -0.05) is 146 Å². The number of nitrogens with zero attached hydrogens (tertiary/aromatic N) is 17. The van der Waals surface area contributed by atoms with Crippen LogP contribution >= 0.6 is 0 Å². The number of likely N-dealkylation sites (tertiary alicyclic amines) is 1. The van der Waals surface area contributed by atoms with Crippen LogP contribution in [0.5, 0.6) is 0 Å². The van der Waals surface area contributed by atoms with E-state index in [9.17, 15) is 9.59 Å². The Balaban J connectivity index is 0.000000121. The summed E-state index contributed by atoms with van der Waals surface area (Å²) >= 11 is 0. The summed E-state index contributed by atoms with van der Waals surface area (Å²) in [6, 6.07) is 64.3. The number of pyridine rings is 3. The maximum Gasteiger partial charge on any atom is 0.309 e. The van der Waals surface area contributed by atoms with Crippen LogP contribution in [0.25, 0.3) is 117 Å². The Kier molecular flexibility index (Phi) is 22.5. The maximum atomic E-state index is 12.2. The molecule has 0 bridgehead atoms. The van der Waals surface area contributed by atoms with E-state index in [0.717, 1.165) is 238 Å². The Labute approximate surface area is 710 Å². The molecule has 6 aliphatic rings. The second-order valence-corrected chi connectivity index (χ2v) is 34.2. The van der Waals surface area contributed by atoms with Crippen LogP contribution < -0.4 is 22.5 Å². The molecule has 7 N–H and O–H groups in total. The molecule has 3 saturated heterocycles. The highest BCUT2D eigenvalue weighted by Gasteiger charge is 2.43. The van der Waals surface area contributed by atoms with Crippen molar-refractivity contribution in [1.29, 1.82) is 0 Å². The quantitative estimate of drug-likeness (QED) is 0.0616. The highest BCUT2D eigenvalue weighted by molar-refractivity contribution is 5.95. The molecule has 122 heavy (non-hydrogen) atoms. The highest BCUT2D eigenvalue weighted by atomic mass is 16.5. The topological polar surface area (TPSA) is 279 Å². The Morgan fingerprint density at radius 3 is 1.16 bits per heavy atom. The smallest absolute Gasteiger partial charge is 0.309 e. The maximum absolute atomic E-state index is 12.2. The van der Waals surface area contributed by atoms with Crippen LogP contribution in [0.2, 0.25) is 0 Å². The van der Waals surface area contributed by atoms with E-state index in [0.29, 0.717) is 66.5 Å². The van der Waals surface area contributed by atoms with E-state index in [2.05, 4.69) is 192 Å². The first-order valence-electron chi connectivity index (χ1n) is 43.5. The number of nitrogen functional groups attached to an aromatic ring is 3. The lowest BCUT2D eigenvalue weighted by Gasteiger charge is -2.46. The highest BCUT2D eigenvalue weighted by Crippen LogP contribution is 2.47. The van der Waals surface area contributed by atoms with Crippen LogP contribution in [0.1, 0.15) is 114 Å².